The Kier molecular flexibility index (Phi) is 1.99. The first-order valence-electron chi connectivity index (χ1n) is 6.34. The number of imidazole rings is 1. The van der Waals surface area contributed by atoms with Crippen LogP contribution in [0.15, 0.2) is 18.3 Å². The second kappa shape index (κ2) is 3.53. The zero-order valence-corrected chi connectivity index (χ0v) is 9.67. The maximum Gasteiger partial charge on any atom is 0.160 e. The Labute approximate surface area is 99.6 Å². The Morgan fingerprint density at radius 1 is 1.29 bits per heavy atom. The molecule has 2 aromatic rings. The topological polar surface area (TPSA) is 39.9 Å². The SMILES string of the molecule is c1cnc2c(c1)nc(C1CCOC1)n2C1CC1. The molecule has 0 amide bonds. The van der Waals surface area contributed by atoms with E-state index in [0.717, 1.165) is 30.8 Å². The molecule has 4 heteroatoms. The lowest BCUT2D eigenvalue weighted by Crippen LogP contribution is -2.08. The molecule has 3 heterocycles. The summed E-state index contributed by atoms with van der Waals surface area (Å²) in [5.74, 6) is 1.66. The molecule has 1 saturated carbocycles. The van der Waals surface area contributed by atoms with Crippen LogP contribution in [0.3, 0.4) is 0 Å². The fraction of sp³-hybridized carbons (Fsp3) is 0.538. The van der Waals surface area contributed by atoms with Crippen molar-refractivity contribution in [2.75, 3.05) is 13.2 Å². The van der Waals surface area contributed by atoms with Crippen LogP contribution in [0.2, 0.25) is 0 Å². The van der Waals surface area contributed by atoms with E-state index in [1.165, 1.54) is 18.7 Å². The van der Waals surface area contributed by atoms with Crippen molar-refractivity contribution in [2.24, 2.45) is 0 Å². The highest BCUT2D eigenvalue weighted by Gasteiger charge is 2.32. The molecule has 88 valence electrons. The van der Waals surface area contributed by atoms with Crippen molar-refractivity contribution < 1.29 is 4.74 Å². The van der Waals surface area contributed by atoms with Crippen LogP contribution >= 0.6 is 0 Å². The number of hydrogen-bond acceptors (Lipinski definition) is 3. The van der Waals surface area contributed by atoms with Crippen LogP contribution in [0.25, 0.3) is 11.2 Å². The van der Waals surface area contributed by atoms with Gasteiger partial charge in [0.1, 0.15) is 11.3 Å². The lowest BCUT2D eigenvalue weighted by atomic mass is 10.1. The summed E-state index contributed by atoms with van der Waals surface area (Å²) < 4.78 is 7.84. The average molecular weight is 229 g/mol. The lowest BCUT2D eigenvalue weighted by Gasteiger charge is -2.10. The van der Waals surface area contributed by atoms with Gasteiger partial charge in [0.2, 0.25) is 0 Å². The third-order valence-corrected chi connectivity index (χ3v) is 3.68. The van der Waals surface area contributed by atoms with Crippen molar-refractivity contribution in [2.45, 2.75) is 31.2 Å². The van der Waals surface area contributed by atoms with E-state index in [2.05, 4.69) is 15.6 Å². The third kappa shape index (κ3) is 1.47. The van der Waals surface area contributed by atoms with Gasteiger partial charge < -0.3 is 9.30 Å². The lowest BCUT2D eigenvalue weighted by molar-refractivity contribution is 0.192. The molecule has 17 heavy (non-hydrogen) atoms. The first-order valence-corrected chi connectivity index (χ1v) is 6.34. The monoisotopic (exact) mass is 229 g/mol. The largest absolute Gasteiger partial charge is 0.381 e. The van der Waals surface area contributed by atoms with Gasteiger partial charge in [0.25, 0.3) is 0 Å². The van der Waals surface area contributed by atoms with Crippen molar-refractivity contribution in [1.82, 2.24) is 14.5 Å². The highest BCUT2D eigenvalue weighted by atomic mass is 16.5. The summed E-state index contributed by atoms with van der Waals surface area (Å²) >= 11 is 0. The van der Waals surface area contributed by atoms with Gasteiger partial charge in [0.15, 0.2) is 5.65 Å². The average Bonchev–Trinajstić information content (AvgIpc) is 2.94. The molecule has 4 rings (SSSR count). The Hall–Kier alpha value is -1.42. The normalized spacial score (nSPS) is 24.6. The molecule has 1 saturated heterocycles. The minimum Gasteiger partial charge on any atom is -0.381 e. The van der Waals surface area contributed by atoms with Gasteiger partial charge in [-0.05, 0) is 31.4 Å². The molecule has 1 aliphatic carbocycles. The summed E-state index contributed by atoms with van der Waals surface area (Å²) in [5.41, 5.74) is 2.08. The number of fused-ring (bicyclic) bond motifs is 1. The molecule has 2 fully saturated rings. The van der Waals surface area contributed by atoms with E-state index in [4.69, 9.17) is 9.72 Å². The van der Waals surface area contributed by atoms with Gasteiger partial charge in [-0.3, -0.25) is 0 Å². The van der Waals surface area contributed by atoms with Gasteiger partial charge in [-0.1, -0.05) is 0 Å². The summed E-state index contributed by atoms with van der Waals surface area (Å²) in [4.78, 5) is 9.27. The Morgan fingerprint density at radius 3 is 3.00 bits per heavy atom. The Morgan fingerprint density at radius 2 is 2.24 bits per heavy atom. The number of hydrogen-bond donors (Lipinski definition) is 0. The van der Waals surface area contributed by atoms with E-state index in [-0.39, 0.29) is 0 Å². The van der Waals surface area contributed by atoms with Crippen LogP contribution in [0.5, 0.6) is 0 Å². The first kappa shape index (κ1) is 9.59. The van der Waals surface area contributed by atoms with Crippen molar-refractivity contribution in [3.8, 4) is 0 Å². The van der Waals surface area contributed by atoms with Gasteiger partial charge in [-0.25, -0.2) is 9.97 Å². The van der Waals surface area contributed by atoms with Gasteiger partial charge in [-0.15, -0.1) is 0 Å². The van der Waals surface area contributed by atoms with E-state index in [1.807, 2.05) is 12.3 Å². The van der Waals surface area contributed by atoms with Crippen LogP contribution in [-0.4, -0.2) is 27.7 Å². The number of aromatic nitrogens is 3. The van der Waals surface area contributed by atoms with Gasteiger partial charge in [-0.2, -0.15) is 0 Å². The zero-order chi connectivity index (χ0) is 11.2. The number of ether oxygens (including phenoxy) is 1. The number of nitrogens with zero attached hydrogens (tertiary/aromatic N) is 3. The second-order valence-corrected chi connectivity index (χ2v) is 4.98. The predicted octanol–water partition coefficient (Wildman–Crippen LogP) is 2.27. The van der Waals surface area contributed by atoms with Gasteiger partial charge >= 0.3 is 0 Å². The Bertz CT molecular complexity index is 553. The third-order valence-electron chi connectivity index (χ3n) is 3.68. The summed E-state index contributed by atoms with van der Waals surface area (Å²) in [6.07, 6.45) is 5.49. The summed E-state index contributed by atoms with van der Waals surface area (Å²) in [7, 11) is 0. The zero-order valence-electron chi connectivity index (χ0n) is 9.67. The standard InChI is InChI=1S/C13H15N3O/c1-2-11-13(14-6-1)16(10-3-4-10)12(15-11)9-5-7-17-8-9/h1-2,6,9-10H,3-5,7-8H2. The van der Waals surface area contributed by atoms with Crippen molar-refractivity contribution >= 4 is 11.2 Å². The van der Waals surface area contributed by atoms with Crippen LogP contribution < -0.4 is 0 Å². The smallest absolute Gasteiger partial charge is 0.160 e. The molecule has 4 nitrogen and oxygen atoms in total. The number of pyridine rings is 1. The number of rotatable bonds is 2. The summed E-state index contributed by atoms with van der Waals surface area (Å²) in [6.45, 7) is 1.68. The fourth-order valence-electron chi connectivity index (χ4n) is 2.67. The van der Waals surface area contributed by atoms with Crippen molar-refractivity contribution in [3.05, 3.63) is 24.2 Å². The van der Waals surface area contributed by atoms with Crippen LogP contribution in [-0.2, 0) is 4.74 Å². The molecule has 1 aliphatic heterocycles. The minimum absolute atomic E-state index is 0.463. The first-order chi connectivity index (χ1) is 8.43. The van der Waals surface area contributed by atoms with Crippen LogP contribution in [0.1, 0.15) is 37.0 Å². The highest BCUT2D eigenvalue weighted by molar-refractivity contribution is 5.71. The van der Waals surface area contributed by atoms with Crippen molar-refractivity contribution in [1.29, 1.82) is 0 Å². The highest BCUT2D eigenvalue weighted by Crippen LogP contribution is 2.40. The van der Waals surface area contributed by atoms with Crippen molar-refractivity contribution in [3.63, 3.8) is 0 Å². The van der Waals surface area contributed by atoms with Gasteiger partial charge in [0.05, 0.1) is 6.61 Å². The minimum atomic E-state index is 0.463. The van der Waals surface area contributed by atoms with E-state index < -0.39 is 0 Å². The summed E-state index contributed by atoms with van der Waals surface area (Å²) in [5, 5.41) is 0. The molecule has 1 atom stereocenters. The molecular formula is C13H15N3O. The van der Waals surface area contributed by atoms with Crippen LogP contribution in [0, 0.1) is 0 Å². The van der Waals surface area contributed by atoms with Crippen LogP contribution in [0.4, 0.5) is 0 Å². The van der Waals surface area contributed by atoms with E-state index in [9.17, 15) is 0 Å². The fourth-order valence-corrected chi connectivity index (χ4v) is 2.67. The molecule has 0 N–H and O–H groups in total. The Balaban J connectivity index is 1.91. The maximum atomic E-state index is 5.49. The molecular weight excluding hydrogens is 214 g/mol. The molecule has 0 aromatic carbocycles. The molecule has 0 bridgehead atoms. The molecule has 2 aliphatic rings. The van der Waals surface area contributed by atoms with E-state index >= 15 is 0 Å². The second-order valence-electron chi connectivity index (χ2n) is 4.98. The quantitative estimate of drug-likeness (QED) is 0.793. The molecule has 0 radical (unpaired) electrons. The van der Waals surface area contributed by atoms with E-state index in [0.29, 0.717) is 12.0 Å². The molecule has 0 spiro atoms. The molecule has 2 aromatic heterocycles. The predicted molar refractivity (Wildman–Crippen MR) is 64.0 cm³/mol. The van der Waals surface area contributed by atoms with E-state index in [1.54, 1.807) is 0 Å². The summed E-state index contributed by atoms with van der Waals surface area (Å²) in [6, 6.07) is 4.65. The molecule has 1 unspecified atom stereocenters. The van der Waals surface area contributed by atoms with Gasteiger partial charge in [0, 0.05) is 24.8 Å². The maximum absolute atomic E-state index is 5.49.